The van der Waals surface area contributed by atoms with Crippen LogP contribution >= 0.6 is 0 Å². The molecule has 0 aromatic rings. The van der Waals surface area contributed by atoms with Crippen LogP contribution in [0.25, 0.3) is 0 Å². The molecule has 0 saturated carbocycles. The molecule has 58 valence electrons. The number of rotatable bonds is 0. The largest absolute Gasteiger partial charge is 0.497 e. The van der Waals surface area contributed by atoms with Gasteiger partial charge in [-0.2, -0.15) is 13.2 Å². The van der Waals surface area contributed by atoms with Crippen molar-refractivity contribution in [3.05, 3.63) is 0 Å². The van der Waals surface area contributed by atoms with Gasteiger partial charge in [-0.15, -0.1) is 0 Å². The van der Waals surface area contributed by atoms with Gasteiger partial charge >= 0.3 is 5.51 Å². The summed E-state index contributed by atoms with van der Waals surface area (Å²) in [5.74, 6) is 0. The summed E-state index contributed by atoms with van der Waals surface area (Å²) in [5.41, 5.74) is -5.09. The van der Waals surface area contributed by atoms with Crippen LogP contribution in [0.2, 0.25) is 0 Å². The molecular formula is C2H3ArF3O2S. The van der Waals surface area contributed by atoms with Crippen molar-refractivity contribution in [1.82, 2.24) is 0 Å². The van der Waals surface area contributed by atoms with Gasteiger partial charge in [0.05, 0.1) is 0 Å². The van der Waals surface area contributed by atoms with Gasteiger partial charge in [-0.25, -0.2) is 8.42 Å². The molecule has 0 atom stereocenters. The van der Waals surface area contributed by atoms with Crippen molar-refractivity contribution in [2.75, 3.05) is 6.26 Å². The van der Waals surface area contributed by atoms with Crippen LogP contribution in [0.4, 0.5) is 13.2 Å². The first kappa shape index (κ1) is 12.7. The Balaban J connectivity index is 0. The Hall–Kier alpha value is 1.000. The van der Waals surface area contributed by atoms with Crippen LogP contribution in [0.5, 0.6) is 0 Å². The second kappa shape index (κ2) is 3.41. The summed E-state index contributed by atoms with van der Waals surface area (Å²) < 4.78 is 52.0. The predicted octanol–water partition coefficient (Wildman–Crippen LogP) is 0.551. The summed E-state index contributed by atoms with van der Waals surface area (Å²) in [6.07, 6.45) is 0.118. The van der Waals surface area contributed by atoms with E-state index in [1.165, 1.54) is 0 Å². The molecule has 0 aromatic heterocycles. The first-order chi connectivity index (χ1) is 3.25. The zero-order valence-electron chi connectivity index (χ0n) is 4.21. The van der Waals surface area contributed by atoms with E-state index in [9.17, 15) is 21.6 Å². The summed E-state index contributed by atoms with van der Waals surface area (Å²) in [5, 5.41) is 0. The van der Waals surface area contributed by atoms with Crippen molar-refractivity contribution in [3.8, 4) is 0 Å². The van der Waals surface area contributed by atoms with E-state index in [2.05, 4.69) is 0 Å². The van der Waals surface area contributed by atoms with E-state index in [1.807, 2.05) is 0 Å². The molecule has 7 heteroatoms. The van der Waals surface area contributed by atoms with Crippen LogP contribution in [-0.2, 0) is 9.84 Å². The molecular weight excluding hydrogens is 185 g/mol. The predicted molar refractivity (Wildman–Crippen MR) is 20.9 cm³/mol. The molecule has 0 N–H and O–H groups in total. The number of hydrogen-bond donors (Lipinski definition) is 0. The molecule has 0 spiro atoms. The minimum absolute atomic E-state index is 0. The molecule has 0 fully saturated rings. The average Bonchev–Trinajstić information content (AvgIpc) is 1.25. The Morgan fingerprint density at radius 3 is 1.33 bits per heavy atom. The van der Waals surface area contributed by atoms with Crippen molar-refractivity contribution in [1.29, 1.82) is 0 Å². The molecule has 0 aliphatic heterocycles. The third kappa shape index (κ3) is 4.41. The fourth-order valence-electron chi connectivity index (χ4n) is 0. The van der Waals surface area contributed by atoms with Crippen LogP contribution < -0.4 is 0 Å². The second-order valence-corrected chi connectivity index (χ2v) is 3.23. The second-order valence-electron chi connectivity index (χ2n) is 1.22. The molecule has 0 radical (unpaired) electrons. The molecule has 0 aliphatic carbocycles. The summed E-state index contributed by atoms with van der Waals surface area (Å²) in [7, 11) is -4.84. The minimum atomic E-state index is -5.09. The molecule has 0 bridgehead atoms. The van der Waals surface area contributed by atoms with Gasteiger partial charge in [0.1, 0.15) is 0 Å². The number of sulfone groups is 1. The molecule has 2 nitrogen and oxygen atoms in total. The quantitative estimate of drug-likeness (QED) is 0.556. The first-order valence-electron chi connectivity index (χ1n) is 1.51. The zero-order valence-corrected chi connectivity index (χ0v) is 5.74. The maximum atomic E-state index is 11.0. The smallest absolute Gasteiger partial charge is 0.220 e. The molecule has 0 aromatic carbocycles. The molecule has 0 amide bonds. The Morgan fingerprint density at radius 2 is 1.33 bits per heavy atom. The first-order valence-corrected chi connectivity index (χ1v) is 3.40. The zero-order chi connectivity index (χ0) is 7.00. The van der Waals surface area contributed by atoms with Crippen molar-refractivity contribution in [3.63, 3.8) is 0 Å². The topological polar surface area (TPSA) is 34.1 Å². The van der Waals surface area contributed by atoms with Crippen LogP contribution in [0.1, 0.15) is 0 Å². The molecule has 0 saturated heterocycles. The summed E-state index contributed by atoms with van der Waals surface area (Å²) in [6.45, 7) is 0. The van der Waals surface area contributed by atoms with Crippen LogP contribution in [0.3, 0.4) is 0 Å². The monoisotopic (exact) mass is 188 g/mol. The number of halogens is 3. The van der Waals surface area contributed by atoms with Gasteiger partial charge in [0, 0.05) is 44.0 Å². The van der Waals surface area contributed by atoms with Gasteiger partial charge in [-0.05, 0) is 0 Å². The average molecular weight is 188 g/mol. The Labute approximate surface area is 80.3 Å². The maximum Gasteiger partial charge on any atom is 0.497 e. The summed E-state index contributed by atoms with van der Waals surface area (Å²) in [4.78, 5) is 0. The normalized spacial score (nSPS) is 12.4. The van der Waals surface area contributed by atoms with Gasteiger partial charge in [-0.3, -0.25) is 0 Å². The fraction of sp³-hybridized carbons (Fsp3) is 1.00. The van der Waals surface area contributed by atoms with E-state index < -0.39 is 15.3 Å². The van der Waals surface area contributed by atoms with Crippen molar-refractivity contribution in [2.24, 2.45) is 0 Å². The number of alkyl halides is 3. The van der Waals surface area contributed by atoms with E-state index in [1.54, 1.807) is 0 Å². The van der Waals surface area contributed by atoms with Gasteiger partial charge < -0.3 is 0 Å². The third-order valence-corrected chi connectivity index (χ3v) is 1.26. The van der Waals surface area contributed by atoms with E-state index in [0.29, 0.717) is 0 Å². The van der Waals surface area contributed by atoms with Crippen LogP contribution in [-0.4, -0.2) is 20.2 Å². The molecule has 0 aliphatic rings. The number of hydrogen-bond acceptors (Lipinski definition) is 2. The van der Waals surface area contributed by atoms with Gasteiger partial charge in [0.25, 0.3) is 0 Å². The van der Waals surface area contributed by atoms with E-state index in [4.69, 9.17) is 0 Å². The molecule has 0 unspecified atom stereocenters. The van der Waals surface area contributed by atoms with E-state index >= 15 is 0 Å². The minimum Gasteiger partial charge on any atom is -0.220 e. The summed E-state index contributed by atoms with van der Waals surface area (Å²) >= 11 is 0. The van der Waals surface area contributed by atoms with Gasteiger partial charge in [-0.1, -0.05) is 0 Å². The Kier molecular flexibility index (Phi) is 4.79. The standard InChI is InChI=1S/C2H3F3O2S.Ar/c1-8(6,7)2(3,4)5;/h1H3;. The maximum absolute atomic E-state index is 11.0. The van der Waals surface area contributed by atoms with E-state index in [-0.39, 0.29) is 44.0 Å². The molecule has 0 heterocycles. The fourth-order valence-corrected chi connectivity index (χ4v) is 0. The molecule has 0 rings (SSSR count). The summed E-state index contributed by atoms with van der Waals surface area (Å²) in [6, 6.07) is 0. The van der Waals surface area contributed by atoms with Crippen LogP contribution in [0, 0.1) is 37.7 Å². The van der Waals surface area contributed by atoms with Crippen molar-refractivity contribution >= 4 is 9.84 Å². The van der Waals surface area contributed by atoms with E-state index in [0.717, 1.165) is 0 Å². The SMILES string of the molecule is CS(=O)(=O)C(F)(F)F.[Ar]. The third-order valence-electron chi connectivity index (χ3n) is 0.420. The van der Waals surface area contributed by atoms with Crippen molar-refractivity contribution < 1.29 is 59.3 Å². The Morgan fingerprint density at radius 1 is 1.22 bits per heavy atom. The van der Waals surface area contributed by atoms with Gasteiger partial charge in [0.2, 0.25) is 9.84 Å². The van der Waals surface area contributed by atoms with Crippen molar-refractivity contribution in [2.45, 2.75) is 5.51 Å². The van der Waals surface area contributed by atoms with Gasteiger partial charge in [0.15, 0.2) is 0 Å². The Bertz CT molecular complexity index is 169. The molecule has 9 heavy (non-hydrogen) atoms. The van der Waals surface area contributed by atoms with Crippen LogP contribution in [0.15, 0.2) is 0 Å².